The van der Waals surface area contributed by atoms with Crippen molar-refractivity contribution in [2.45, 2.75) is 25.2 Å². The van der Waals surface area contributed by atoms with Crippen LogP contribution in [0.5, 0.6) is 0 Å². The first-order chi connectivity index (χ1) is 5.90. The van der Waals surface area contributed by atoms with E-state index in [0.717, 1.165) is 5.82 Å². The normalized spacial score (nSPS) is 16.6. The van der Waals surface area contributed by atoms with Crippen molar-refractivity contribution in [3.63, 3.8) is 0 Å². The van der Waals surface area contributed by atoms with E-state index in [4.69, 9.17) is 5.26 Å². The molecule has 12 heavy (non-hydrogen) atoms. The van der Waals surface area contributed by atoms with Gasteiger partial charge in [-0.1, -0.05) is 6.42 Å². The summed E-state index contributed by atoms with van der Waals surface area (Å²) < 4.78 is 0. The second kappa shape index (κ2) is 2.90. The third-order valence-electron chi connectivity index (χ3n) is 2.26. The van der Waals surface area contributed by atoms with Crippen molar-refractivity contribution < 1.29 is 0 Å². The van der Waals surface area contributed by atoms with Gasteiger partial charge in [-0.25, -0.2) is 9.97 Å². The van der Waals surface area contributed by atoms with E-state index in [9.17, 15) is 0 Å². The molecule has 0 bridgehead atoms. The van der Waals surface area contributed by atoms with Gasteiger partial charge in [-0.2, -0.15) is 5.26 Å². The van der Waals surface area contributed by atoms with E-state index in [0.29, 0.717) is 11.6 Å². The van der Waals surface area contributed by atoms with Crippen molar-refractivity contribution in [3.05, 3.63) is 23.8 Å². The average molecular weight is 159 g/mol. The Labute approximate surface area is 71.1 Å². The SMILES string of the molecule is N#Cc1ccnc(C2CCC2)n1. The highest BCUT2D eigenvalue weighted by Crippen LogP contribution is 2.33. The van der Waals surface area contributed by atoms with Crippen molar-refractivity contribution in [3.8, 4) is 6.07 Å². The maximum atomic E-state index is 8.59. The molecule has 1 aromatic heterocycles. The summed E-state index contributed by atoms with van der Waals surface area (Å²) >= 11 is 0. The van der Waals surface area contributed by atoms with Gasteiger partial charge in [0.05, 0.1) is 0 Å². The Morgan fingerprint density at radius 2 is 2.33 bits per heavy atom. The minimum atomic E-state index is 0.479. The predicted octanol–water partition coefficient (Wildman–Crippen LogP) is 1.62. The van der Waals surface area contributed by atoms with E-state index >= 15 is 0 Å². The van der Waals surface area contributed by atoms with Gasteiger partial charge in [0.15, 0.2) is 0 Å². The smallest absolute Gasteiger partial charge is 0.144 e. The number of nitriles is 1. The van der Waals surface area contributed by atoms with E-state index in [1.54, 1.807) is 12.3 Å². The highest BCUT2D eigenvalue weighted by Gasteiger charge is 2.21. The number of hydrogen-bond acceptors (Lipinski definition) is 3. The zero-order chi connectivity index (χ0) is 8.39. The molecule has 0 saturated heterocycles. The summed E-state index contributed by atoms with van der Waals surface area (Å²) in [6.45, 7) is 0. The molecule has 0 aromatic carbocycles. The lowest BCUT2D eigenvalue weighted by Crippen LogP contribution is -2.12. The third kappa shape index (κ3) is 1.16. The van der Waals surface area contributed by atoms with Gasteiger partial charge in [0.25, 0.3) is 0 Å². The highest BCUT2D eigenvalue weighted by molar-refractivity contribution is 5.19. The van der Waals surface area contributed by atoms with Crippen molar-refractivity contribution in [1.29, 1.82) is 5.26 Å². The first-order valence-corrected chi connectivity index (χ1v) is 4.13. The molecule has 0 N–H and O–H groups in total. The zero-order valence-corrected chi connectivity index (χ0v) is 6.70. The predicted molar refractivity (Wildman–Crippen MR) is 43.3 cm³/mol. The largest absolute Gasteiger partial charge is 0.241 e. The van der Waals surface area contributed by atoms with Crippen LogP contribution in [0.3, 0.4) is 0 Å². The van der Waals surface area contributed by atoms with Crippen LogP contribution in [0.4, 0.5) is 0 Å². The zero-order valence-electron chi connectivity index (χ0n) is 6.70. The van der Waals surface area contributed by atoms with Crippen molar-refractivity contribution in [2.75, 3.05) is 0 Å². The summed E-state index contributed by atoms with van der Waals surface area (Å²) in [6.07, 6.45) is 5.29. The quantitative estimate of drug-likeness (QED) is 0.625. The van der Waals surface area contributed by atoms with Crippen LogP contribution < -0.4 is 0 Å². The Balaban J connectivity index is 2.27. The van der Waals surface area contributed by atoms with E-state index in [-0.39, 0.29) is 0 Å². The van der Waals surface area contributed by atoms with Gasteiger partial charge in [-0.05, 0) is 18.9 Å². The second-order valence-electron chi connectivity index (χ2n) is 3.04. The molecule has 60 valence electrons. The van der Waals surface area contributed by atoms with Crippen LogP contribution >= 0.6 is 0 Å². The van der Waals surface area contributed by atoms with Crippen molar-refractivity contribution in [1.82, 2.24) is 9.97 Å². The van der Waals surface area contributed by atoms with Gasteiger partial charge in [0.2, 0.25) is 0 Å². The number of nitrogens with zero attached hydrogens (tertiary/aromatic N) is 3. The van der Waals surface area contributed by atoms with E-state index in [1.807, 2.05) is 6.07 Å². The molecule has 0 atom stereocenters. The molecule has 1 aliphatic rings. The molecule has 1 aromatic rings. The topological polar surface area (TPSA) is 49.6 Å². The molecule has 2 rings (SSSR count). The summed E-state index contributed by atoms with van der Waals surface area (Å²) in [7, 11) is 0. The lowest BCUT2D eigenvalue weighted by molar-refractivity contribution is 0.401. The van der Waals surface area contributed by atoms with Crippen LogP contribution in [-0.2, 0) is 0 Å². The first kappa shape index (κ1) is 7.23. The van der Waals surface area contributed by atoms with Crippen LogP contribution in [0.25, 0.3) is 0 Å². The Bertz CT molecular complexity index is 323. The molecular weight excluding hydrogens is 150 g/mol. The van der Waals surface area contributed by atoms with Crippen molar-refractivity contribution >= 4 is 0 Å². The van der Waals surface area contributed by atoms with E-state index in [1.165, 1.54) is 19.3 Å². The first-order valence-electron chi connectivity index (χ1n) is 4.13. The lowest BCUT2D eigenvalue weighted by Gasteiger charge is -2.23. The molecule has 0 spiro atoms. The molecular formula is C9H9N3. The summed E-state index contributed by atoms with van der Waals surface area (Å²) in [5, 5.41) is 8.59. The molecule has 1 fully saturated rings. The van der Waals surface area contributed by atoms with Crippen LogP contribution in [0.1, 0.15) is 36.7 Å². The Kier molecular flexibility index (Phi) is 1.75. The van der Waals surface area contributed by atoms with Crippen LogP contribution in [-0.4, -0.2) is 9.97 Å². The molecule has 3 nitrogen and oxygen atoms in total. The van der Waals surface area contributed by atoms with Gasteiger partial charge in [0, 0.05) is 12.1 Å². The van der Waals surface area contributed by atoms with Gasteiger partial charge >= 0.3 is 0 Å². The van der Waals surface area contributed by atoms with Crippen LogP contribution in [0.15, 0.2) is 12.3 Å². The second-order valence-corrected chi connectivity index (χ2v) is 3.04. The maximum absolute atomic E-state index is 8.59. The standard InChI is InChI=1S/C9H9N3/c10-6-8-4-5-11-9(12-8)7-2-1-3-7/h4-5,7H,1-3H2. The summed E-state index contributed by atoms with van der Waals surface area (Å²) in [6, 6.07) is 3.66. The number of aromatic nitrogens is 2. The van der Waals surface area contributed by atoms with Gasteiger partial charge < -0.3 is 0 Å². The van der Waals surface area contributed by atoms with Crippen LogP contribution in [0, 0.1) is 11.3 Å². The Morgan fingerprint density at radius 3 is 2.92 bits per heavy atom. The highest BCUT2D eigenvalue weighted by atomic mass is 14.9. The molecule has 1 heterocycles. The number of rotatable bonds is 1. The monoisotopic (exact) mass is 159 g/mol. The van der Waals surface area contributed by atoms with Gasteiger partial charge in [-0.3, -0.25) is 0 Å². The fourth-order valence-corrected chi connectivity index (χ4v) is 1.30. The molecule has 0 unspecified atom stereocenters. The summed E-state index contributed by atoms with van der Waals surface area (Å²) in [4.78, 5) is 8.29. The summed E-state index contributed by atoms with van der Waals surface area (Å²) in [5.74, 6) is 1.36. The fraction of sp³-hybridized carbons (Fsp3) is 0.444. The summed E-state index contributed by atoms with van der Waals surface area (Å²) in [5.41, 5.74) is 0.479. The van der Waals surface area contributed by atoms with Crippen molar-refractivity contribution in [2.24, 2.45) is 0 Å². The lowest BCUT2D eigenvalue weighted by atomic mass is 9.85. The Morgan fingerprint density at radius 1 is 1.50 bits per heavy atom. The molecule has 3 heteroatoms. The fourth-order valence-electron chi connectivity index (χ4n) is 1.30. The molecule has 0 aliphatic heterocycles. The Hall–Kier alpha value is -1.43. The molecule has 0 radical (unpaired) electrons. The minimum Gasteiger partial charge on any atom is -0.241 e. The average Bonchev–Trinajstić information content (AvgIpc) is 2.02. The van der Waals surface area contributed by atoms with Gasteiger partial charge in [0.1, 0.15) is 17.6 Å². The maximum Gasteiger partial charge on any atom is 0.144 e. The molecule has 1 saturated carbocycles. The molecule has 1 aliphatic carbocycles. The third-order valence-corrected chi connectivity index (χ3v) is 2.26. The van der Waals surface area contributed by atoms with Crippen LogP contribution in [0.2, 0.25) is 0 Å². The minimum absolute atomic E-state index is 0.479. The number of hydrogen-bond donors (Lipinski definition) is 0. The molecule has 0 amide bonds. The van der Waals surface area contributed by atoms with E-state index < -0.39 is 0 Å². The van der Waals surface area contributed by atoms with E-state index in [2.05, 4.69) is 9.97 Å². The van der Waals surface area contributed by atoms with Gasteiger partial charge in [-0.15, -0.1) is 0 Å².